The third-order valence-corrected chi connectivity index (χ3v) is 3.85. The summed E-state index contributed by atoms with van der Waals surface area (Å²) in [4.78, 5) is 15.2. The van der Waals surface area contributed by atoms with Crippen molar-refractivity contribution in [2.75, 3.05) is 20.7 Å². The quantitative estimate of drug-likeness (QED) is 0.331. The lowest BCUT2D eigenvalue weighted by atomic mass is 10.1. The number of unbranched alkanes of at least 4 members (excludes halogenated alkanes) is 2. The van der Waals surface area contributed by atoms with Crippen LogP contribution in [0, 0.1) is 12.7 Å². The summed E-state index contributed by atoms with van der Waals surface area (Å²) in [6.07, 6.45) is 3.15. The molecule has 0 bridgehead atoms. The van der Waals surface area contributed by atoms with Gasteiger partial charge < -0.3 is 15.4 Å². The summed E-state index contributed by atoms with van der Waals surface area (Å²) in [6, 6.07) is 5.19. The zero-order chi connectivity index (χ0) is 17.9. The minimum Gasteiger partial charge on any atom is -0.469 e. The number of hydrogen-bond acceptors (Lipinski definition) is 3. The van der Waals surface area contributed by atoms with Crippen LogP contribution in [0.1, 0.15) is 49.8 Å². The van der Waals surface area contributed by atoms with Crippen LogP contribution in [0.25, 0.3) is 0 Å². The molecule has 0 saturated heterocycles. The van der Waals surface area contributed by atoms with Crippen molar-refractivity contribution in [3.63, 3.8) is 0 Å². The van der Waals surface area contributed by atoms with E-state index in [0.29, 0.717) is 17.9 Å². The predicted octanol–water partition coefficient (Wildman–Crippen LogP) is 3.09. The molecule has 0 amide bonds. The molecule has 1 unspecified atom stereocenters. The number of aryl methyl sites for hydroxylation is 1. The fourth-order valence-corrected chi connectivity index (χ4v) is 2.24. The Morgan fingerprint density at radius 1 is 1.33 bits per heavy atom. The van der Waals surface area contributed by atoms with E-state index in [1.165, 1.54) is 7.11 Å². The third-order valence-electron chi connectivity index (χ3n) is 3.85. The van der Waals surface area contributed by atoms with Gasteiger partial charge in [-0.1, -0.05) is 18.6 Å². The van der Waals surface area contributed by atoms with Crippen molar-refractivity contribution >= 4 is 11.9 Å². The molecule has 0 aliphatic carbocycles. The molecule has 2 N–H and O–H groups in total. The number of carbonyl (C=O) groups is 1. The molecule has 0 saturated carbocycles. The summed E-state index contributed by atoms with van der Waals surface area (Å²) < 4.78 is 18.3. The normalized spacial score (nSPS) is 12.6. The van der Waals surface area contributed by atoms with Crippen molar-refractivity contribution in [2.24, 2.45) is 4.99 Å². The molecule has 1 aromatic carbocycles. The smallest absolute Gasteiger partial charge is 0.305 e. The van der Waals surface area contributed by atoms with Gasteiger partial charge in [-0.05, 0) is 43.9 Å². The second-order valence-electron chi connectivity index (χ2n) is 5.76. The molecule has 0 heterocycles. The Balaban J connectivity index is 2.34. The van der Waals surface area contributed by atoms with E-state index in [4.69, 9.17) is 0 Å². The molecule has 1 rings (SSSR count). The van der Waals surface area contributed by atoms with Gasteiger partial charge in [0.1, 0.15) is 5.82 Å². The summed E-state index contributed by atoms with van der Waals surface area (Å²) in [7, 11) is 3.11. The van der Waals surface area contributed by atoms with E-state index in [9.17, 15) is 9.18 Å². The molecule has 0 fully saturated rings. The first-order valence-corrected chi connectivity index (χ1v) is 8.28. The van der Waals surface area contributed by atoms with Gasteiger partial charge in [0.25, 0.3) is 0 Å². The Morgan fingerprint density at radius 3 is 2.71 bits per heavy atom. The predicted molar refractivity (Wildman–Crippen MR) is 94.5 cm³/mol. The van der Waals surface area contributed by atoms with E-state index >= 15 is 0 Å². The number of carbonyl (C=O) groups excluding carboxylic acids is 1. The Hall–Kier alpha value is -2.11. The lowest BCUT2D eigenvalue weighted by Gasteiger charge is -2.18. The first-order chi connectivity index (χ1) is 11.5. The van der Waals surface area contributed by atoms with Crippen molar-refractivity contribution in [3.8, 4) is 0 Å². The fourth-order valence-electron chi connectivity index (χ4n) is 2.24. The number of nitrogens with one attached hydrogen (secondary N) is 2. The molecule has 1 aromatic rings. The lowest BCUT2D eigenvalue weighted by Crippen LogP contribution is -2.39. The molecule has 0 aliphatic rings. The van der Waals surface area contributed by atoms with Crippen LogP contribution in [0.3, 0.4) is 0 Å². The number of nitrogens with zero attached hydrogens (tertiary/aromatic N) is 1. The van der Waals surface area contributed by atoms with Crippen molar-refractivity contribution in [2.45, 2.75) is 45.6 Å². The minimum absolute atomic E-state index is 0.0503. The van der Waals surface area contributed by atoms with Gasteiger partial charge in [-0.2, -0.15) is 0 Å². The summed E-state index contributed by atoms with van der Waals surface area (Å²) in [5.41, 5.74) is 1.51. The molecule has 134 valence electrons. The Kier molecular flexibility index (Phi) is 8.83. The Labute approximate surface area is 143 Å². The molecular weight excluding hydrogens is 309 g/mol. The maximum atomic E-state index is 13.7. The summed E-state index contributed by atoms with van der Waals surface area (Å²) in [5, 5.41) is 6.47. The van der Waals surface area contributed by atoms with Crippen LogP contribution in [0.15, 0.2) is 23.2 Å². The van der Waals surface area contributed by atoms with Crippen LogP contribution in [0.5, 0.6) is 0 Å². The van der Waals surface area contributed by atoms with E-state index in [-0.39, 0.29) is 17.8 Å². The number of methoxy groups -OCH3 is 1. The average Bonchev–Trinajstić information content (AvgIpc) is 2.58. The monoisotopic (exact) mass is 337 g/mol. The average molecular weight is 337 g/mol. The Morgan fingerprint density at radius 2 is 2.08 bits per heavy atom. The van der Waals surface area contributed by atoms with Crippen molar-refractivity contribution < 1.29 is 13.9 Å². The number of benzene rings is 1. The van der Waals surface area contributed by atoms with E-state index in [1.54, 1.807) is 26.1 Å². The Bertz CT molecular complexity index is 561. The van der Waals surface area contributed by atoms with Gasteiger partial charge >= 0.3 is 5.97 Å². The minimum atomic E-state index is -0.199. The van der Waals surface area contributed by atoms with Gasteiger partial charge in [0.15, 0.2) is 5.96 Å². The van der Waals surface area contributed by atoms with Gasteiger partial charge in [0, 0.05) is 20.0 Å². The van der Waals surface area contributed by atoms with Gasteiger partial charge in [0.2, 0.25) is 0 Å². The van der Waals surface area contributed by atoms with Crippen LogP contribution in [0.2, 0.25) is 0 Å². The molecule has 0 spiro atoms. The van der Waals surface area contributed by atoms with Gasteiger partial charge in [0.05, 0.1) is 13.2 Å². The van der Waals surface area contributed by atoms with Crippen LogP contribution in [-0.4, -0.2) is 32.6 Å². The van der Waals surface area contributed by atoms with Gasteiger partial charge in [-0.3, -0.25) is 9.79 Å². The summed E-state index contributed by atoms with van der Waals surface area (Å²) in [6.45, 7) is 4.47. The highest BCUT2D eigenvalue weighted by Gasteiger charge is 2.09. The van der Waals surface area contributed by atoms with E-state index < -0.39 is 0 Å². The number of rotatable bonds is 8. The number of aliphatic imine (C=N–C) groups is 1. The number of ether oxygens (including phenoxy) is 1. The number of halogens is 1. The maximum absolute atomic E-state index is 13.7. The van der Waals surface area contributed by atoms with Crippen LogP contribution < -0.4 is 10.6 Å². The van der Waals surface area contributed by atoms with E-state index in [2.05, 4.69) is 20.4 Å². The summed E-state index contributed by atoms with van der Waals surface area (Å²) >= 11 is 0. The molecular formula is C18H28FN3O2. The molecule has 5 nitrogen and oxygen atoms in total. The second-order valence-corrected chi connectivity index (χ2v) is 5.76. The molecule has 0 aromatic heterocycles. The fraction of sp³-hybridized carbons (Fsp3) is 0.556. The van der Waals surface area contributed by atoms with E-state index in [0.717, 1.165) is 31.4 Å². The number of esters is 1. The topological polar surface area (TPSA) is 62.7 Å². The summed E-state index contributed by atoms with van der Waals surface area (Å²) in [5.74, 6) is 0.311. The maximum Gasteiger partial charge on any atom is 0.305 e. The van der Waals surface area contributed by atoms with Crippen LogP contribution in [-0.2, 0) is 9.53 Å². The molecule has 0 aliphatic heterocycles. The molecule has 6 heteroatoms. The zero-order valence-electron chi connectivity index (χ0n) is 15.0. The molecule has 1 atom stereocenters. The second kappa shape index (κ2) is 10.6. The zero-order valence-corrected chi connectivity index (χ0v) is 15.0. The highest BCUT2D eigenvalue weighted by Crippen LogP contribution is 2.16. The van der Waals surface area contributed by atoms with Gasteiger partial charge in [-0.25, -0.2) is 4.39 Å². The standard InChI is InChI=1S/C18H28FN3O2/c1-13-9-10-15(12-16(13)19)14(2)22-18(20-3)21-11-7-5-6-8-17(23)24-4/h9-10,12,14H,5-8,11H2,1-4H3,(H2,20,21,22). The number of guanidine groups is 1. The largest absolute Gasteiger partial charge is 0.469 e. The highest BCUT2D eigenvalue weighted by atomic mass is 19.1. The van der Waals surface area contributed by atoms with Gasteiger partial charge in [-0.15, -0.1) is 0 Å². The van der Waals surface area contributed by atoms with Crippen LogP contribution in [0.4, 0.5) is 4.39 Å². The third kappa shape index (κ3) is 6.98. The van der Waals surface area contributed by atoms with Crippen molar-refractivity contribution in [1.82, 2.24) is 10.6 Å². The highest BCUT2D eigenvalue weighted by molar-refractivity contribution is 5.80. The lowest BCUT2D eigenvalue weighted by molar-refractivity contribution is -0.140. The van der Waals surface area contributed by atoms with Crippen LogP contribution >= 0.6 is 0 Å². The first kappa shape index (κ1) is 19.9. The van der Waals surface area contributed by atoms with E-state index in [1.807, 2.05) is 13.0 Å². The SMILES string of the molecule is CN=C(NCCCCCC(=O)OC)NC(C)c1ccc(C)c(F)c1. The molecule has 0 radical (unpaired) electrons. The van der Waals surface area contributed by atoms with Crippen molar-refractivity contribution in [1.29, 1.82) is 0 Å². The van der Waals surface area contributed by atoms with Crippen molar-refractivity contribution in [3.05, 3.63) is 35.1 Å². The first-order valence-electron chi connectivity index (χ1n) is 8.28. The number of hydrogen-bond donors (Lipinski definition) is 2. The molecule has 24 heavy (non-hydrogen) atoms.